The van der Waals surface area contributed by atoms with E-state index in [4.69, 9.17) is 0 Å². The molecule has 124 valence electrons. The van der Waals surface area contributed by atoms with Crippen LogP contribution in [0.25, 0.3) is 16.7 Å². The number of nitrogens with zero attached hydrogens (tertiary/aromatic N) is 4. The molecule has 1 aromatic carbocycles. The van der Waals surface area contributed by atoms with E-state index in [-0.39, 0.29) is 5.69 Å². The van der Waals surface area contributed by atoms with Gasteiger partial charge in [0.15, 0.2) is 0 Å². The molecule has 5 heteroatoms. The molecule has 2 aromatic rings. The number of para-hydroxylation sites is 2. The first-order chi connectivity index (χ1) is 11.1. The minimum absolute atomic E-state index is 0.0251. The van der Waals surface area contributed by atoms with E-state index < -0.39 is 0 Å². The van der Waals surface area contributed by atoms with Gasteiger partial charge >= 0.3 is 5.69 Å². The Bertz CT molecular complexity index is 750. The molecule has 0 aliphatic carbocycles. The fourth-order valence-corrected chi connectivity index (χ4v) is 3.32. The molecule has 0 atom stereocenters. The summed E-state index contributed by atoms with van der Waals surface area (Å²) in [7, 11) is 2.17. The van der Waals surface area contributed by atoms with Gasteiger partial charge in [-0.15, -0.1) is 0 Å². The molecular weight excluding hydrogens is 288 g/mol. The van der Waals surface area contributed by atoms with Crippen LogP contribution in [0.1, 0.15) is 13.3 Å². The van der Waals surface area contributed by atoms with E-state index in [0.29, 0.717) is 0 Å². The van der Waals surface area contributed by atoms with Crippen molar-refractivity contribution in [3.63, 3.8) is 0 Å². The highest BCUT2D eigenvalue weighted by Crippen LogP contribution is 2.16. The summed E-state index contributed by atoms with van der Waals surface area (Å²) in [5.74, 6) is 0. The van der Waals surface area contributed by atoms with Crippen molar-refractivity contribution in [3.8, 4) is 0 Å². The minimum Gasteiger partial charge on any atom is -0.304 e. The molecule has 0 spiro atoms. The molecule has 1 aliphatic heterocycles. The lowest BCUT2D eigenvalue weighted by Gasteiger charge is -2.32. The van der Waals surface area contributed by atoms with Gasteiger partial charge in [0, 0.05) is 38.4 Å². The summed E-state index contributed by atoms with van der Waals surface area (Å²) in [5, 5.41) is 0. The molecule has 1 aromatic heterocycles. The number of rotatable bonds is 5. The Hall–Kier alpha value is -1.85. The Morgan fingerprint density at radius 1 is 1.09 bits per heavy atom. The summed E-state index contributed by atoms with van der Waals surface area (Å²) in [6, 6.07) is 7.96. The summed E-state index contributed by atoms with van der Waals surface area (Å²) in [6.07, 6.45) is 0.994. The van der Waals surface area contributed by atoms with Crippen molar-refractivity contribution < 1.29 is 0 Å². The van der Waals surface area contributed by atoms with Gasteiger partial charge in [-0.25, -0.2) is 4.79 Å². The Morgan fingerprint density at radius 3 is 2.39 bits per heavy atom. The molecule has 0 amide bonds. The third-order valence-corrected chi connectivity index (χ3v) is 4.67. The average molecular weight is 314 g/mol. The maximum atomic E-state index is 12.7. The third kappa shape index (κ3) is 3.26. The molecule has 1 aliphatic rings. The SMILES string of the molecule is C=C(C)n1c(=O)n(CCCN2CCN(C)CC2)c2ccccc21. The van der Waals surface area contributed by atoms with Crippen molar-refractivity contribution in [3.05, 3.63) is 41.3 Å². The number of imidazole rings is 1. The first-order valence-electron chi connectivity index (χ1n) is 8.35. The predicted molar refractivity (Wildman–Crippen MR) is 95.8 cm³/mol. The summed E-state index contributed by atoms with van der Waals surface area (Å²) in [6.45, 7) is 12.1. The second kappa shape index (κ2) is 6.72. The third-order valence-electron chi connectivity index (χ3n) is 4.67. The van der Waals surface area contributed by atoms with Gasteiger partial charge in [0.2, 0.25) is 0 Å². The van der Waals surface area contributed by atoms with E-state index in [1.54, 1.807) is 4.57 Å². The van der Waals surface area contributed by atoms with Gasteiger partial charge in [-0.1, -0.05) is 18.7 Å². The van der Waals surface area contributed by atoms with E-state index in [1.165, 1.54) is 0 Å². The number of aromatic nitrogens is 2. The van der Waals surface area contributed by atoms with Crippen molar-refractivity contribution in [1.29, 1.82) is 0 Å². The Kier molecular flexibility index (Phi) is 4.68. The zero-order valence-corrected chi connectivity index (χ0v) is 14.2. The summed E-state index contributed by atoms with van der Waals surface area (Å²) in [5.41, 5.74) is 2.74. The number of hydrogen-bond donors (Lipinski definition) is 0. The second-order valence-electron chi connectivity index (χ2n) is 6.49. The van der Waals surface area contributed by atoms with Crippen LogP contribution in [-0.4, -0.2) is 58.7 Å². The van der Waals surface area contributed by atoms with Crippen molar-refractivity contribution >= 4 is 16.7 Å². The van der Waals surface area contributed by atoms with Crippen LogP contribution in [0, 0.1) is 0 Å². The molecule has 0 N–H and O–H groups in total. The molecular formula is C18H26N4O. The first kappa shape index (κ1) is 16.0. The van der Waals surface area contributed by atoms with Crippen LogP contribution in [0.5, 0.6) is 0 Å². The molecule has 0 bridgehead atoms. The highest BCUT2D eigenvalue weighted by Gasteiger charge is 2.15. The number of fused-ring (bicyclic) bond motifs is 1. The van der Waals surface area contributed by atoms with Gasteiger partial charge in [0.1, 0.15) is 0 Å². The maximum absolute atomic E-state index is 12.7. The van der Waals surface area contributed by atoms with E-state index in [0.717, 1.165) is 62.4 Å². The van der Waals surface area contributed by atoms with E-state index >= 15 is 0 Å². The van der Waals surface area contributed by atoms with Crippen molar-refractivity contribution in [2.24, 2.45) is 0 Å². The minimum atomic E-state index is 0.0251. The van der Waals surface area contributed by atoms with Gasteiger partial charge in [0.25, 0.3) is 0 Å². The van der Waals surface area contributed by atoms with E-state index in [9.17, 15) is 4.79 Å². The number of aryl methyl sites for hydroxylation is 1. The smallest absolute Gasteiger partial charge is 0.304 e. The lowest BCUT2D eigenvalue weighted by molar-refractivity contribution is 0.151. The van der Waals surface area contributed by atoms with Crippen LogP contribution in [-0.2, 0) is 6.54 Å². The van der Waals surface area contributed by atoms with Gasteiger partial charge < -0.3 is 9.80 Å². The zero-order valence-electron chi connectivity index (χ0n) is 14.2. The van der Waals surface area contributed by atoms with Crippen LogP contribution in [0.15, 0.2) is 35.6 Å². The fourth-order valence-electron chi connectivity index (χ4n) is 3.32. The number of piperazine rings is 1. The standard InChI is InChI=1S/C18H26N4O/c1-15(2)22-17-8-5-4-7-16(17)21(18(22)23)10-6-9-20-13-11-19(3)12-14-20/h4-5,7-8H,1,6,9-14H2,2-3H3. The lowest BCUT2D eigenvalue weighted by Crippen LogP contribution is -2.44. The van der Waals surface area contributed by atoms with Gasteiger partial charge in [-0.05, 0) is 39.1 Å². The topological polar surface area (TPSA) is 33.4 Å². The molecule has 3 rings (SSSR count). The number of benzene rings is 1. The molecule has 0 unspecified atom stereocenters. The highest BCUT2D eigenvalue weighted by molar-refractivity contribution is 5.79. The lowest BCUT2D eigenvalue weighted by atomic mass is 10.3. The summed E-state index contributed by atoms with van der Waals surface area (Å²) < 4.78 is 3.60. The average Bonchev–Trinajstić information content (AvgIpc) is 2.82. The number of hydrogen-bond acceptors (Lipinski definition) is 3. The van der Waals surface area contributed by atoms with Gasteiger partial charge in [-0.3, -0.25) is 9.13 Å². The fraction of sp³-hybridized carbons (Fsp3) is 0.500. The van der Waals surface area contributed by atoms with Crippen molar-refractivity contribution in [2.75, 3.05) is 39.8 Å². The van der Waals surface area contributed by atoms with Crippen LogP contribution in [0.2, 0.25) is 0 Å². The molecule has 0 radical (unpaired) electrons. The van der Waals surface area contributed by atoms with Gasteiger partial charge in [0.05, 0.1) is 11.0 Å². The predicted octanol–water partition coefficient (Wildman–Crippen LogP) is 1.93. The van der Waals surface area contributed by atoms with E-state index in [1.807, 2.05) is 35.8 Å². The summed E-state index contributed by atoms with van der Waals surface area (Å²) in [4.78, 5) is 17.6. The molecule has 23 heavy (non-hydrogen) atoms. The Morgan fingerprint density at radius 2 is 1.74 bits per heavy atom. The van der Waals surface area contributed by atoms with Crippen LogP contribution in [0.4, 0.5) is 0 Å². The maximum Gasteiger partial charge on any atom is 0.333 e. The van der Waals surface area contributed by atoms with Crippen LogP contribution in [0.3, 0.4) is 0 Å². The van der Waals surface area contributed by atoms with Crippen molar-refractivity contribution in [1.82, 2.24) is 18.9 Å². The highest BCUT2D eigenvalue weighted by atomic mass is 16.1. The Balaban J connectivity index is 1.74. The quantitative estimate of drug-likeness (QED) is 0.845. The normalized spacial score (nSPS) is 17.0. The number of allylic oxidation sites excluding steroid dienone is 1. The van der Waals surface area contributed by atoms with Crippen LogP contribution < -0.4 is 5.69 Å². The van der Waals surface area contributed by atoms with Crippen LogP contribution >= 0.6 is 0 Å². The molecule has 2 heterocycles. The first-order valence-corrected chi connectivity index (χ1v) is 8.35. The van der Waals surface area contributed by atoms with Crippen molar-refractivity contribution in [2.45, 2.75) is 19.9 Å². The van der Waals surface area contributed by atoms with E-state index in [2.05, 4.69) is 23.4 Å². The molecule has 1 saturated heterocycles. The molecule has 5 nitrogen and oxygen atoms in total. The second-order valence-corrected chi connectivity index (χ2v) is 6.49. The van der Waals surface area contributed by atoms with Gasteiger partial charge in [-0.2, -0.15) is 0 Å². The summed E-state index contributed by atoms with van der Waals surface area (Å²) >= 11 is 0. The molecule has 0 saturated carbocycles. The largest absolute Gasteiger partial charge is 0.333 e. The Labute approximate surface area is 137 Å². The zero-order chi connectivity index (χ0) is 16.4. The molecule has 1 fully saturated rings. The number of likely N-dealkylation sites (N-methyl/N-ethyl adjacent to an activating group) is 1. The monoisotopic (exact) mass is 314 g/mol.